The highest BCUT2D eigenvalue weighted by molar-refractivity contribution is 7.89. The van der Waals surface area contributed by atoms with Crippen molar-refractivity contribution < 1.29 is 22.7 Å². The zero-order valence-corrected chi connectivity index (χ0v) is 20.5. The number of primary sulfonamides is 1. The van der Waals surface area contributed by atoms with Crippen molar-refractivity contribution in [3.8, 4) is 0 Å². The number of aromatic nitrogens is 1. The third-order valence-electron chi connectivity index (χ3n) is 5.67. The number of aryl methyl sites for hydroxylation is 2. The van der Waals surface area contributed by atoms with Crippen molar-refractivity contribution in [3.63, 3.8) is 0 Å². The Morgan fingerprint density at radius 2 is 1.62 bits per heavy atom. The van der Waals surface area contributed by atoms with Gasteiger partial charge in [0.25, 0.3) is 5.91 Å². The first-order valence-corrected chi connectivity index (χ1v) is 12.4. The van der Waals surface area contributed by atoms with E-state index in [1.807, 2.05) is 35.8 Å². The molecule has 0 fully saturated rings. The van der Waals surface area contributed by atoms with Gasteiger partial charge in [0.05, 0.1) is 10.5 Å². The molecule has 1 heterocycles. The topological polar surface area (TPSA) is 120 Å². The van der Waals surface area contributed by atoms with E-state index in [0.717, 1.165) is 23.2 Å². The SMILES string of the molecule is CCc1ccc(NC(=O)[C@H](C)OC(=O)c2cc(C)n(Cc3ccc(S(N)(=O)=O)cc3)c2C)cc1. The molecule has 0 radical (unpaired) electrons. The molecule has 180 valence electrons. The molecule has 3 N–H and O–H groups in total. The Balaban J connectivity index is 1.68. The number of amides is 1. The van der Waals surface area contributed by atoms with E-state index in [1.165, 1.54) is 19.1 Å². The number of rotatable bonds is 8. The predicted octanol–water partition coefficient (Wildman–Crippen LogP) is 3.55. The lowest BCUT2D eigenvalue weighted by atomic mass is 10.1. The Hall–Kier alpha value is -3.43. The Morgan fingerprint density at radius 1 is 1.03 bits per heavy atom. The lowest BCUT2D eigenvalue weighted by molar-refractivity contribution is -0.123. The number of carbonyl (C=O) groups excluding carboxylic acids is 2. The van der Waals surface area contributed by atoms with Crippen LogP contribution in [-0.2, 0) is 32.5 Å². The fraction of sp³-hybridized carbons (Fsp3) is 0.280. The summed E-state index contributed by atoms with van der Waals surface area (Å²) in [6.07, 6.45) is -0.0751. The molecular weight excluding hydrogens is 454 g/mol. The van der Waals surface area contributed by atoms with E-state index in [0.29, 0.717) is 23.5 Å². The highest BCUT2D eigenvalue weighted by Gasteiger charge is 2.23. The van der Waals surface area contributed by atoms with E-state index >= 15 is 0 Å². The van der Waals surface area contributed by atoms with Crippen LogP contribution in [0.25, 0.3) is 0 Å². The first-order valence-electron chi connectivity index (χ1n) is 10.9. The van der Waals surface area contributed by atoms with Gasteiger partial charge in [0.2, 0.25) is 10.0 Å². The van der Waals surface area contributed by atoms with Crippen molar-refractivity contribution in [3.05, 3.63) is 82.7 Å². The molecule has 0 aliphatic carbocycles. The summed E-state index contributed by atoms with van der Waals surface area (Å²) in [5, 5.41) is 7.90. The van der Waals surface area contributed by atoms with Crippen molar-refractivity contribution in [2.45, 2.75) is 51.7 Å². The van der Waals surface area contributed by atoms with Crippen LogP contribution in [0.3, 0.4) is 0 Å². The van der Waals surface area contributed by atoms with Gasteiger partial charge in [-0.25, -0.2) is 18.4 Å². The quantitative estimate of drug-likeness (QED) is 0.475. The Kier molecular flexibility index (Phi) is 7.58. The molecule has 1 amide bonds. The lowest BCUT2D eigenvalue weighted by Crippen LogP contribution is -2.30. The number of esters is 1. The van der Waals surface area contributed by atoms with Crippen molar-refractivity contribution in [1.29, 1.82) is 0 Å². The van der Waals surface area contributed by atoms with Crippen molar-refractivity contribution in [1.82, 2.24) is 4.57 Å². The number of carbonyl (C=O) groups is 2. The number of anilines is 1. The summed E-state index contributed by atoms with van der Waals surface area (Å²) in [5.41, 5.74) is 4.51. The summed E-state index contributed by atoms with van der Waals surface area (Å²) in [6, 6.07) is 15.5. The summed E-state index contributed by atoms with van der Waals surface area (Å²) in [4.78, 5) is 25.3. The third-order valence-corrected chi connectivity index (χ3v) is 6.60. The molecule has 8 nitrogen and oxygen atoms in total. The first-order chi connectivity index (χ1) is 16.0. The highest BCUT2D eigenvalue weighted by atomic mass is 32.2. The van der Waals surface area contributed by atoms with Gasteiger partial charge < -0.3 is 14.6 Å². The monoisotopic (exact) mass is 483 g/mol. The van der Waals surface area contributed by atoms with Crippen LogP contribution in [0.5, 0.6) is 0 Å². The van der Waals surface area contributed by atoms with Gasteiger partial charge in [0, 0.05) is 23.6 Å². The van der Waals surface area contributed by atoms with Gasteiger partial charge >= 0.3 is 5.97 Å². The summed E-state index contributed by atoms with van der Waals surface area (Å²) >= 11 is 0. The van der Waals surface area contributed by atoms with Gasteiger partial charge in [-0.05, 0) is 68.7 Å². The minimum atomic E-state index is -3.76. The Labute approximate surface area is 199 Å². The molecule has 3 aromatic rings. The summed E-state index contributed by atoms with van der Waals surface area (Å²) in [5.74, 6) is -1.01. The predicted molar refractivity (Wildman–Crippen MR) is 130 cm³/mol. The average Bonchev–Trinajstić information content (AvgIpc) is 3.07. The van der Waals surface area contributed by atoms with Crippen LogP contribution in [0.15, 0.2) is 59.5 Å². The van der Waals surface area contributed by atoms with E-state index in [-0.39, 0.29) is 4.90 Å². The minimum absolute atomic E-state index is 0.0371. The van der Waals surface area contributed by atoms with Crippen LogP contribution in [0.1, 0.15) is 46.7 Å². The van der Waals surface area contributed by atoms with Crippen molar-refractivity contribution >= 4 is 27.6 Å². The molecule has 0 aliphatic rings. The van der Waals surface area contributed by atoms with Crippen LogP contribution in [0.2, 0.25) is 0 Å². The summed E-state index contributed by atoms with van der Waals surface area (Å²) in [6.45, 7) is 7.66. The number of nitrogens with zero attached hydrogens (tertiary/aromatic N) is 1. The molecule has 0 saturated carbocycles. The zero-order chi connectivity index (χ0) is 25.0. The molecule has 2 aromatic carbocycles. The molecule has 1 atom stereocenters. The van der Waals surface area contributed by atoms with Crippen LogP contribution in [-0.4, -0.2) is 31.0 Å². The van der Waals surface area contributed by atoms with Gasteiger partial charge in [-0.15, -0.1) is 0 Å². The maximum Gasteiger partial charge on any atom is 0.340 e. The fourth-order valence-electron chi connectivity index (χ4n) is 3.56. The van der Waals surface area contributed by atoms with E-state index in [9.17, 15) is 18.0 Å². The molecule has 0 unspecified atom stereocenters. The number of nitrogens with two attached hydrogens (primary N) is 1. The number of benzene rings is 2. The van der Waals surface area contributed by atoms with E-state index < -0.39 is 28.0 Å². The second kappa shape index (κ2) is 10.2. The van der Waals surface area contributed by atoms with Gasteiger partial charge in [0.15, 0.2) is 6.10 Å². The van der Waals surface area contributed by atoms with Crippen LogP contribution < -0.4 is 10.5 Å². The number of ether oxygens (including phenoxy) is 1. The summed E-state index contributed by atoms with van der Waals surface area (Å²) in [7, 11) is -3.76. The number of hydrogen-bond acceptors (Lipinski definition) is 5. The zero-order valence-electron chi connectivity index (χ0n) is 19.7. The van der Waals surface area contributed by atoms with Gasteiger partial charge in [0.1, 0.15) is 0 Å². The fourth-order valence-corrected chi connectivity index (χ4v) is 4.08. The van der Waals surface area contributed by atoms with Gasteiger partial charge in [-0.1, -0.05) is 31.2 Å². The maximum absolute atomic E-state index is 12.8. The van der Waals surface area contributed by atoms with Gasteiger partial charge in [-0.3, -0.25) is 4.79 Å². The van der Waals surface area contributed by atoms with Crippen LogP contribution in [0.4, 0.5) is 5.69 Å². The molecule has 0 saturated heterocycles. The molecule has 0 spiro atoms. The third kappa shape index (κ3) is 5.92. The van der Waals surface area contributed by atoms with E-state index in [2.05, 4.69) is 12.2 Å². The van der Waals surface area contributed by atoms with Crippen molar-refractivity contribution in [2.24, 2.45) is 5.14 Å². The number of hydrogen-bond donors (Lipinski definition) is 2. The number of sulfonamides is 1. The van der Waals surface area contributed by atoms with Crippen LogP contribution in [0, 0.1) is 13.8 Å². The Morgan fingerprint density at radius 3 is 2.18 bits per heavy atom. The summed E-state index contributed by atoms with van der Waals surface area (Å²) < 4.78 is 30.2. The van der Waals surface area contributed by atoms with E-state index in [1.54, 1.807) is 25.1 Å². The van der Waals surface area contributed by atoms with Crippen LogP contribution >= 0.6 is 0 Å². The molecule has 3 rings (SSSR count). The second-order valence-electron chi connectivity index (χ2n) is 8.15. The molecule has 34 heavy (non-hydrogen) atoms. The largest absolute Gasteiger partial charge is 0.449 e. The van der Waals surface area contributed by atoms with Crippen molar-refractivity contribution in [2.75, 3.05) is 5.32 Å². The Bertz CT molecular complexity index is 1290. The average molecular weight is 484 g/mol. The molecular formula is C25H29N3O5S. The maximum atomic E-state index is 12.8. The molecule has 0 aliphatic heterocycles. The lowest BCUT2D eigenvalue weighted by Gasteiger charge is -2.14. The molecule has 9 heteroatoms. The normalized spacial score (nSPS) is 12.3. The molecule has 0 bridgehead atoms. The van der Waals surface area contributed by atoms with E-state index in [4.69, 9.17) is 9.88 Å². The smallest absolute Gasteiger partial charge is 0.340 e. The minimum Gasteiger partial charge on any atom is -0.449 e. The second-order valence-corrected chi connectivity index (χ2v) is 9.71. The number of nitrogens with one attached hydrogen (secondary N) is 1. The van der Waals surface area contributed by atoms with Gasteiger partial charge in [-0.2, -0.15) is 0 Å². The first kappa shape index (κ1) is 25.2. The standard InChI is InChI=1S/C25H29N3O5S/c1-5-19-6-10-21(11-7-19)27-24(29)18(4)33-25(30)23-14-16(2)28(17(23)3)15-20-8-12-22(13-9-20)34(26,31)32/h6-14,18H,5,15H2,1-4H3,(H,27,29)(H2,26,31,32)/t18-/m0/s1. The molecule has 1 aromatic heterocycles. The highest BCUT2D eigenvalue weighted by Crippen LogP contribution is 2.20.